The van der Waals surface area contributed by atoms with Crippen molar-refractivity contribution in [1.29, 1.82) is 0 Å². The molecule has 2 rings (SSSR count). The fourth-order valence-corrected chi connectivity index (χ4v) is 1.42. The molecule has 3 N–H and O–H groups in total. The first-order valence-electron chi connectivity index (χ1n) is 4.81. The molecule has 0 amide bonds. The standard InChI is InChI=1S/C11H13N3O/c12-15-7-6-10-8-11(14-13-10)9-4-2-1-3-5-9/h1-5,8H,6-7,12H2,(H,13,14). The third-order valence-electron chi connectivity index (χ3n) is 2.19. The lowest BCUT2D eigenvalue weighted by Crippen LogP contribution is -2.03. The fraction of sp³-hybridized carbons (Fsp3) is 0.182. The van der Waals surface area contributed by atoms with E-state index in [2.05, 4.69) is 15.0 Å². The summed E-state index contributed by atoms with van der Waals surface area (Å²) in [6, 6.07) is 12.0. The minimum Gasteiger partial charge on any atom is -0.304 e. The van der Waals surface area contributed by atoms with E-state index >= 15 is 0 Å². The molecule has 0 aliphatic rings. The van der Waals surface area contributed by atoms with Crippen LogP contribution >= 0.6 is 0 Å². The van der Waals surface area contributed by atoms with Crippen LogP contribution in [0.3, 0.4) is 0 Å². The molecule has 2 aromatic rings. The van der Waals surface area contributed by atoms with E-state index in [4.69, 9.17) is 5.90 Å². The van der Waals surface area contributed by atoms with Crippen molar-refractivity contribution in [3.8, 4) is 11.3 Å². The summed E-state index contributed by atoms with van der Waals surface area (Å²) in [6.45, 7) is 0.496. The molecular weight excluding hydrogens is 190 g/mol. The van der Waals surface area contributed by atoms with Crippen molar-refractivity contribution in [2.45, 2.75) is 6.42 Å². The second kappa shape index (κ2) is 4.72. The van der Waals surface area contributed by atoms with E-state index in [1.165, 1.54) is 0 Å². The molecule has 0 bridgehead atoms. The highest BCUT2D eigenvalue weighted by Crippen LogP contribution is 2.16. The maximum atomic E-state index is 4.96. The number of aromatic nitrogens is 2. The summed E-state index contributed by atoms with van der Waals surface area (Å²) < 4.78 is 0. The van der Waals surface area contributed by atoms with E-state index in [1.807, 2.05) is 36.4 Å². The van der Waals surface area contributed by atoms with Crippen LogP contribution in [-0.2, 0) is 11.3 Å². The summed E-state index contributed by atoms with van der Waals surface area (Å²) in [7, 11) is 0. The predicted octanol–water partition coefficient (Wildman–Crippen LogP) is 1.51. The number of hydrogen-bond donors (Lipinski definition) is 2. The summed E-state index contributed by atoms with van der Waals surface area (Å²) in [5.41, 5.74) is 3.08. The molecule has 15 heavy (non-hydrogen) atoms. The fourth-order valence-electron chi connectivity index (χ4n) is 1.42. The maximum Gasteiger partial charge on any atom is 0.0923 e. The van der Waals surface area contributed by atoms with Crippen LogP contribution in [0.4, 0.5) is 0 Å². The van der Waals surface area contributed by atoms with Crippen LogP contribution in [0, 0.1) is 0 Å². The van der Waals surface area contributed by atoms with Crippen molar-refractivity contribution in [3.05, 3.63) is 42.1 Å². The number of aromatic amines is 1. The largest absolute Gasteiger partial charge is 0.304 e. The first-order chi connectivity index (χ1) is 7.40. The highest BCUT2D eigenvalue weighted by atomic mass is 16.6. The maximum absolute atomic E-state index is 4.96. The van der Waals surface area contributed by atoms with Gasteiger partial charge in [-0.05, 0) is 6.07 Å². The van der Waals surface area contributed by atoms with Gasteiger partial charge in [-0.25, -0.2) is 5.90 Å². The number of nitrogens with zero attached hydrogens (tertiary/aromatic N) is 1. The Hall–Kier alpha value is -1.65. The van der Waals surface area contributed by atoms with Crippen molar-refractivity contribution in [2.24, 2.45) is 5.90 Å². The van der Waals surface area contributed by atoms with Crippen molar-refractivity contribution in [3.63, 3.8) is 0 Å². The normalized spacial score (nSPS) is 10.5. The molecule has 0 fully saturated rings. The second-order valence-corrected chi connectivity index (χ2v) is 3.27. The molecule has 4 heteroatoms. The summed E-state index contributed by atoms with van der Waals surface area (Å²) in [6.07, 6.45) is 0.746. The average molecular weight is 203 g/mol. The molecule has 0 unspecified atom stereocenters. The Bertz CT molecular complexity index is 411. The van der Waals surface area contributed by atoms with E-state index in [1.54, 1.807) is 0 Å². The summed E-state index contributed by atoms with van der Waals surface area (Å²) in [5.74, 6) is 4.96. The zero-order valence-electron chi connectivity index (χ0n) is 8.31. The van der Waals surface area contributed by atoms with E-state index < -0.39 is 0 Å². The van der Waals surface area contributed by atoms with Crippen molar-refractivity contribution in [1.82, 2.24) is 10.2 Å². The summed E-state index contributed by atoms with van der Waals surface area (Å²) in [4.78, 5) is 4.51. The Morgan fingerprint density at radius 3 is 2.80 bits per heavy atom. The molecule has 78 valence electrons. The summed E-state index contributed by atoms with van der Waals surface area (Å²) in [5, 5.41) is 7.17. The molecule has 1 aromatic carbocycles. The highest BCUT2D eigenvalue weighted by molar-refractivity contribution is 5.58. The molecule has 0 aliphatic heterocycles. The van der Waals surface area contributed by atoms with Crippen molar-refractivity contribution < 1.29 is 4.84 Å². The third kappa shape index (κ3) is 2.43. The van der Waals surface area contributed by atoms with Gasteiger partial charge in [0.2, 0.25) is 0 Å². The minimum atomic E-state index is 0.496. The monoisotopic (exact) mass is 203 g/mol. The SMILES string of the molecule is NOCCc1cc(-c2ccccc2)n[nH]1. The molecule has 0 saturated heterocycles. The second-order valence-electron chi connectivity index (χ2n) is 3.27. The van der Waals surface area contributed by atoms with E-state index in [-0.39, 0.29) is 0 Å². The zero-order chi connectivity index (χ0) is 10.5. The van der Waals surface area contributed by atoms with Crippen LogP contribution < -0.4 is 5.90 Å². The lowest BCUT2D eigenvalue weighted by atomic mass is 10.1. The lowest BCUT2D eigenvalue weighted by Gasteiger charge is -1.93. The Kier molecular flexibility index (Phi) is 3.11. The molecule has 0 atom stereocenters. The predicted molar refractivity (Wildman–Crippen MR) is 57.9 cm³/mol. The molecule has 1 heterocycles. The number of rotatable bonds is 4. The minimum absolute atomic E-state index is 0.496. The smallest absolute Gasteiger partial charge is 0.0923 e. The molecule has 4 nitrogen and oxygen atoms in total. The molecular formula is C11H13N3O. The van der Waals surface area contributed by atoms with Gasteiger partial charge < -0.3 is 4.84 Å². The number of nitrogens with one attached hydrogen (secondary N) is 1. The number of hydrogen-bond acceptors (Lipinski definition) is 3. The number of benzene rings is 1. The van der Waals surface area contributed by atoms with Crippen molar-refractivity contribution >= 4 is 0 Å². The first kappa shape index (κ1) is 9.89. The van der Waals surface area contributed by atoms with E-state index in [0.717, 1.165) is 23.4 Å². The quantitative estimate of drug-likeness (QED) is 0.740. The highest BCUT2D eigenvalue weighted by Gasteiger charge is 2.02. The van der Waals surface area contributed by atoms with Gasteiger partial charge in [-0.2, -0.15) is 5.10 Å². The van der Waals surface area contributed by atoms with Gasteiger partial charge in [0.15, 0.2) is 0 Å². The van der Waals surface area contributed by atoms with Gasteiger partial charge in [0.25, 0.3) is 0 Å². The van der Waals surface area contributed by atoms with E-state index in [0.29, 0.717) is 6.61 Å². The Balaban J connectivity index is 2.14. The first-order valence-corrected chi connectivity index (χ1v) is 4.81. The molecule has 1 aromatic heterocycles. The van der Waals surface area contributed by atoms with Gasteiger partial charge in [-0.1, -0.05) is 30.3 Å². The van der Waals surface area contributed by atoms with Crippen LogP contribution in [0.2, 0.25) is 0 Å². The third-order valence-corrected chi connectivity index (χ3v) is 2.19. The molecule has 0 saturated carbocycles. The van der Waals surface area contributed by atoms with Gasteiger partial charge in [-0.3, -0.25) is 5.10 Å². The van der Waals surface area contributed by atoms with E-state index in [9.17, 15) is 0 Å². The average Bonchev–Trinajstić information content (AvgIpc) is 2.76. The van der Waals surface area contributed by atoms with Crippen LogP contribution in [0.25, 0.3) is 11.3 Å². The number of nitrogens with two attached hydrogens (primary N) is 1. The van der Waals surface area contributed by atoms with Gasteiger partial charge in [0, 0.05) is 17.7 Å². The van der Waals surface area contributed by atoms with Crippen molar-refractivity contribution in [2.75, 3.05) is 6.61 Å². The molecule has 0 radical (unpaired) electrons. The van der Waals surface area contributed by atoms with Gasteiger partial charge in [-0.15, -0.1) is 0 Å². The van der Waals surface area contributed by atoms with Crippen LogP contribution in [0.15, 0.2) is 36.4 Å². The number of H-pyrrole nitrogens is 1. The van der Waals surface area contributed by atoms with Gasteiger partial charge in [0.05, 0.1) is 12.3 Å². The van der Waals surface area contributed by atoms with Crippen LogP contribution in [0.5, 0.6) is 0 Å². The zero-order valence-corrected chi connectivity index (χ0v) is 8.31. The van der Waals surface area contributed by atoms with Gasteiger partial charge >= 0.3 is 0 Å². The topological polar surface area (TPSA) is 63.9 Å². The van der Waals surface area contributed by atoms with Crippen LogP contribution in [-0.4, -0.2) is 16.8 Å². The molecule has 0 spiro atoms. The Morgan fingerprint density at radius 2 is 2.07 bits per heavy atom. The lowest BCUT2D eigenvalue weighted by molar-refractivity contribution is 0.140. The van der Waals surface area contributed by atoms with Gasteiger partial charge in [0.1, 0.15) is 0 Å². The molecule has 0 aliphatic carbocycles. The Morgan fingerprint density at radius 1 is 1.27 bits per heavy atom. The summed E-state index contributed by atoms with van der Waals surface area (Å²) >= 11 is 0. The van der Waals surface area contributed by atoms with Crippen LogP contribution in [0.1, 0.15) is 5.69 Å². The Labute approximate surface area is 88.0 Å².